The van der Waals surface area contributed by atoms with Crippen molar-refractivity contribution in [2.45, 2.75) is 235 Å². The molecule has 26 nitrogen and oxygen atoms in total. The summed E-state index contributed by atoms with van der Waals surface area (Å²) in [4.78, 5) is 53.0. The third kappa shape index (κ3) is 9.79. The maximum absolute atomic E-state index is 15.0. The van der Waals surface area contributed by atoms with Crippen molar-refractivity contribution < 1.29 is 129 Å². The van der Waals surface area contributed by atoms with Crippen LogP contribution in [0.4, 0.5) is 0 Å². The molecule has 4 heterocycles. The topological polar surface area (TPSA) is 425 Å². The molecule has 29 atom stereocenters. The second-order valence-electron chi connectivity index (χ2n) is 26.2. The highest BCUT2D eigenvalue weighted by molar-refractivity contribution is 5.95. The van der Waals surface area contributed by atoms with Crippen LogP contribution >= 0.6 is 0 Å². The second-order valence-corrected chi connectivity index (χ2v) is 26.2. The molecule has 26 heteroatoms. The number of aliphatic hydroxyl groups excluding tert-OH is 11. The predicted octanol–water partition coefficient (Wildman–Crippen LogP) is -2.11. The van der Waals surface area contributed by atoms with Gasteiger partial charge >= 0.3 is 17.9 Å². The van der Waals surface area contributed by atoms with Gasteiger partial charge in [0.2, 0.25) is 0 Å². The fraction of sp³-hybridized carbons (Fsp3) is 0.889. The van der Waals surface area contributed by atoms with Crippen molar-refractivity contribution in [3.63, 3.8) is 0 Å². The van der Waals surface area contributed by atoms with Gasteiger partial charge in [-0.15, -0.1) is 0 Å². The molecule has 0 amide bonds. The zero-order valence-corrected chi connectivity index (χ0v) is 45.9. The Labute approximate surface area is 461 Å². The van der Waals surface area contributed by atoms with Crippen LogP contribution in [-0.2, 0) is 57.1 Å². The summed E-state index contributed by atoms with van der Waals surface area (Å²) in [5, 5.41) is 150. The third-order valence-corrected chi connectivity index (χ3v) is 21.4. The number of carbonyl (C=O) groups excluding carboxylic acids is 1. The van der Waals surface area contributed by atoms with Crippen LogP contribution in [0.3, 0.4) is 0 Å². The highest BCUT2D eigenvalue weighted by atomic mass is 16.8. The van der Waals surface area contributed by atoms with Crippen LogP contribution in [0.2, 0.25) is 0 Å². The minimum Gasteiger partial charge on any atom is -0.481 e. The van der Waals surface area contributed by atoms with Gasteiger partial charge in [-0.2, -0.15) is 0 Å². The van der Waals surface area contributed by atoms with Crippen molar-refractivity contribution in [1.82, 2.24) is 0 Å². The first-order valence-corrected chi connectivity index (χ1v) is 27.8. The molecule has 80 heavy (non-hydrogen) atoms. The molecular weight excluding hydrogens is 1060 g/mol. The zero-order valence-electron chi connectivity index (χ0n) is 45.9. The molecule has 9 rings (SSSR count). The van der Waals surface area contributed by atoms with Gasteiger partial charge in [-0.1, -0.05) is 47.1 Å². The number of carboxylic acid groups (broad SMARTS) is 3. The molecule has 0 aromatic rings. The number of aliphatic carboxylic acids is 3. The van der Waals surface area contributed by atoms with Crippen molar-refractivity contribution in [3.8, 4) is 0 Å². The monoisotopic (exact) mass is 1150 g/mol. The Hall–Kier alpha value is -2.94. The van der Waals surface area contributed by atoms with Gasteiger partial charge < -0.3 is 109 Å². The van der Waals surface area contributed by atoms with E-state index in [9.17, 15) is 85.9 Å². The summed E-state index contributed by atoms with van der Waals surface area (Å²) in [6.07, 6.45) is -34.0. The van der Waals surface area contributed by atoms with Gasteiger partial charge in [0.15, 0.2) is 43.2 Å². The fourth-order valence-corrected chi connectivity index (χ4v) is 16.3. The average Bonchev–Trinajstić information content (AvgIpc) is 3.48. The molecule has 8 fully saturated rings. The molecule has 0 bridgehead atoms. The van der Waals surface area contributed by atoms with Crippen LogP contribution in [0.15, 0.2) is 11.6 Å². The lowest BCUT2D eigenvalue weighted by molar-refractivity contribution is -0.390. The van der Waals surface area contributed by atoms with Crippen LogP contribution in [0, 0.1) is 50.2 Å². The van der Waals surface area contributed by atoms with E-state index in [1.807, 2.05) is 26.8 Å². The molecule has 0 radical (unpaired) electrons. The maximum atomic E-state index is 15.0. The van der Waals surface area contributed by atoms with Crippen molar-refractivity contribution >= 4 is 23.7 Å². The lowest BCUT2D eigenvalue weighted by Gasteiger charge is -2.70. The standard InChI is InChI=1S/C54H82O26/c1-49(2)25-8-11-54(7)41(22(57)16-20-21-17-51(4,48(71)72)13-12-50(21,3)14-15-53(20,54)6)52(25,5)10-9-26(49)75-47-39(30(61)29(60)38(78-47)42(67)68)79-46-35(66)32(63)37(40(80-46)43(69)70)77-45-34(65)31(62)36(24(19-56)74-45)76-44-33(64)28(59)27(58)23(18-55)73-44/h16,21,23-41,44-47,55-56,58-66H,8-15,17-19H2,1-7H3,(H,67,68)(H,69,70)(H,71,72). The molecule has 0 aromatic carbocycles. The summed E-state index contributed by atoms with van der Waals surface area (Å²) in [7, 11) is 0. The van der Waals surface area contributed by atoms with Gasteiger partial charge in [0.25, 0.3) is 0 Å². The van der Waals surface area contributed by atoms with Crippen LogP contribution in [0.5, 0.6) is 0 Å². The molecule has 14 N–H and O–H groups in total. The Bertz CT molecular complexity index is 2370. The first-order chi connectivity index (χ1) is 37.2. The van der Waals surface area contributed by atoms with Gasteiger partial charge in [-0.25, -0.2) is 9.59 Å². The summed E-state index contributed by atoms with van der Waals surface area (Å²) in [6.45, 7) is 12.7. The van der Waals surface area contributed by atoms with E-state index in [0.717, 1.165) is 24.8 Å². The normalized spacial score (nSPS) is 53.0. The number of carboxylic acids is 3. The second kappa shape index (κ2) is 21.8. The molecule has 0 aromatic heterocycles. The number of fused-ring (bicyclic) bond motifs is 7. The van der Waals surface area contributed by atoms with E-state index in [4.69, 9.17) is 37.9 Å². The number of aliphatic hydroxyl groups is 11. The van der Waals surface area contributed by atoms with E-state index in [0.29, 0.717) is 32.1 Å². The zero-order chi connectivity index (χ0) is 58.9. The number of ether oxygens (including phenoxy) is 8. The Kier molecular flexibility index (Phi) is 16.8. The number of carbonyl (C=O) groups is 4. The van der Waals surface area contributed by atoms with Crippen molar-refractivity contribution in [2.24, 2.45) is 50.2 Å². The van der Waals surface area contributed by atoms with E-state index in [1.54, 1.807) is 0 Å². The smallest absolute Gasteiger partial charge is 0.335 e. The molecule has 29 unspecified atom stereocenters. The number of hydrogen-bond acceptors (Lipinski definition) is 23. The maximum Gasteiger partial charge on any atom is 0.335 e. The molecule has 4 saturated carbocycles. The van der Waals surface area contributed by atoms with Crippen LogP contribution < -0.4 is 0 Å². The number of ketones is 1. The summed E-state index contributed by atoms with van der Waals surface area (Å²) in [5.41, 5.74) is -2.36. The summed E-state index contributed by atoms with van der Waals surface area (Å²) in [6, 6.07) is 0. The Morgan fingerprint density at radius 3 is 1.68 bits per heavy atom. The predicted molar refractivity (Wildman–Crippen MR) is 265 cm³/mol. The Balaban J connectivity index is 0.919. The van der Waals surface area contributed by atoms with Gasteiger partial charge in [-0.3, -0.25) is 9.59 Å². The van der Waals surface area contributed by atoms with E-state index < -0.39 is 193 Å². The molecular formula is C54H82O26. The fourth-order valence-electron chi connectivity index (χ4n) is 16.3. The van der Waals surface area contributed by atoms with E-state index in [1.165, 1.54) is 0 Å². The van der Waals surface area contributed by atoms with Crippen molar-refractivity contribution in [3.05, 3.63) is 11.6 Å². The van der Waals surface area contributed by atoms with E-state index in [2.05, 4.69) is 27.7 Å². The Morgan fingerprint density at radius 2 is 1.07 bits per heavy atom. The number of allylic oxidation sites excluding steroid dienone is 2. The lowest BCUT2D eigenvalue weighted by Crippen LogP contribution is -2.68. The molecule has 4 saturated heterocycles. The SMILES string of the molecule is CC1(C(=O)O)CCC2(C)CCC3(C)C(=CC(=O)C4C5(C)CCC(OC6OC(C(=O)O)C(O)C(O)C6OC6OC(C(=O)O)C(OC7OC(CO)C(OC8OC(CO)C(O)C(O)C8O)C(O)C7O)C(O)C6O)C(C)(C)C5CCC43C)C2C1. The van der Waals surface area contributed by atoms with E-state index in [-0.39, 0.29) is 29.5 Å². The molecule has 5 aliphatic carbocycles. The highest BCUT2D eigenvalue weighted by Gasteiger charge is 2.71. The molecule has 0 spiro atoms. The molecule has 9 aliphatic rings. The highest BCUT2D eigenvalue weighted by Crippen LogP contribution is 2.75. The minimum absolute atomic E-state index is 0.00275. The van der Waals surface area contributed by atoms with Crippen molar-refractivity contribution in [2.75, 3.05) is 13.2 Å². The van der Waals surface area contributed by atoms with Gasteiger partial charge in [0, 0.05) is 5.92 Å². The van der Waals surface area contributed by atoms with Crippen LogP contribution in [0.1, 0.15) is 106 Å². The summed E-state index contributed by atoms with van der Waals surface area (Å²) >= 11 is 0. The molecule has 4 aliphatic heterocycles. The van der Waals surface area contributed by atoms with Gasteiger partial charge in [0.05, 0.1) is 24.7 Å². The van der Waals surface area contributed by atoms with Gasteiger partial charge in [-0.05, 0) is 110 Å². The largest absolute Gasteiger partial charge is 0.481 e. The lowest BCUT2D eigenvalue weighted by atomic mass is 9.33. The summed E-state index contributed by atoms with van der Waals surface area (Å²) < 4.78 is 46.3. The third-order valence-electron chi connectivity index (χ3n) is 21.4. The minimum atomic E-state index is -2.33. The first kappa shape index (κ1) is 61.6. The summed E-state index contributed by atoms with van der Waals surface area (Å²) in [5.74, 6) is -5.09. The van der Waals surface area contributed by atoms with Crippen LogP contribution in [0.25, 0.3) is 0 Å². The first-order valence-electron chi connectivity index (χ1n) is 27.8. The quantitative estimate of drug-likeness (QED) is 0.0878. The van der Waals surface area contributed by atoms with Crippen LogP contribution in [-0.4, -0.2) is 237 Å². The average molecular weight is 1150 g/mol. The van der Waals surface area contributed by atoms with Crippen molar-refractivity contribution in [1.29, 1.82) is 0 Å². The van der Waals surface area contributed by atoms with E-state index >= 15 is 4.79 Å². The molecule has 454 valence electrons. The number of rotatable bonds is 13. The van der Waals surface area contributed by atoms with Gasteiger partial charge in [0.1, 0.15) is 85.5 Å². The number of hydrogen-bond donors (Lipinski definition) is 14. The Morgan fingerprint density at radius 1 is 0.550 bits per heavy atom.